The minimum atomic E-state index is -0.633. The second kappa shape index (κ2) is 6.42. The molecule has 0 N–H and O–H groups in total. The van der Waals surface area contributed by atoms with Crippen LogP contribution in [-0.4, -0.2) is 11.9 Å². The fraction of sp³-hybridized carbons (Fsp3) is 0.556. The number of fused-ring (bicyclic) bond motifs is 1. The minimum Gasteiger partial charge on any atom is -0.393 e. The zero-order valence-electron chi connectivity index (χ0n) is 13.1. The van der Waals surface area contributed by atoms with Crippen molar-refractivity contribution in [1.29, 1.82) is 0 Å². The van der Waals surface area contributed by atoms with Crippen molar-refractivity contribution >= 4 is 11.9 Å². The van der Waals surface area contributed by atoms with Crippen LogP contribution in [0.15, 0.2) is 24.3 Å². The average molecular weight is 288 g/mol. The molecule has 0 amide bonds. The molecule has 0 saturated heterocycles. The van der Waals surface area contributed by atoms with Gasteiger partial charge in [0.2, 0.25) is 0 Å². The Morgan fingerprint density at radius 2 is 1.86 bits per heavy atom. The highest BCUT2D eigenvalue weighted by atomic mass is 16.6. The first kappa shape index (κ1) is 15.7. The molecule has 0 aromatic heterocycles. The van der Waals surface area contributed by atoms with Crippen molar-refractivity contribution < 1.29 is 14.3 Å². The summed E-state index contributed by atoms with van der Waals surface area (Å²) in [6.45, 7) is 5.26. The number of carbonyl (C=O) groups is 2. The van der Waals surface area contributed by atoms with Gasteiger partial charge < -0.3 is 4.74 Å². The molecule has 2 rings (SSSR count). The number of ether oxygens (including phenoxy) is 1. The van der Waals surface area contributed by atoms with E-state index in [4.69, 9.17) is 4.74 Å². The minimum absolute atomic E-state index is 0.272. The van der Waals surface area contributed by atoms with Crippen LogP contribution in [0.1, 0.15) is 51.2 Å². The lowest BCUT2D eigenvalue weighted by atomic mass is 9.93. The van der Waals surface area contributed by atoms with Gasteiger partial charge in [-0.15, -0.1) is 0 Å². The molecular formula is C18H24O3. The molecule has 21 heavy (non-hydrogen) atoms. The Labute approximate surface area is 126 Å². The zero-order valence-corrected chi connectivity index (χ0v) is 13.1. The molecule has 1 aliphatic rings. The van der Waals surface area contributed by atoms with Crippen molar-refractivity contribution in [2.75, 3.05) is 0 Å². The van der Waals surface area contributed by atoms with Gasteiger partial charge in [-0.1, -0.05) is 24.3 Å². The Morgan fingerprint density at radius 3 is 2.52 bits per heavy atom. The van der Waals surface area contributed by atoms with Crippen molar-refractivity contribution in [2.24, 2.45) is 11.3 Å². The first-order valence-corrected chi connectivity index (χ1v) is 7.68. The molecule has 0 aliphatic heterocycles. The Bertz CT molecular complexity index is 526. The molecule has 0 saturated carbocycles. The molecular weight excluding hydrogens is 264 g/mol. The van der Waals surface area contributed by atoms with Gasteiger partial charge in [-0.2, -0.15) is 0 Å². The molecule has 1 aromatic rings. The van der Waals surface area contributed by atoms with Crippen LogP contribution < -0.4 is 0 Å². The van der Waals surface area contributed by atoms with E-state index in [-0.39, 0.29) is 11.9 Å². The molecule has 3 heteroatoms. The lowest BCUT2D eigenvalue weighted by Crippen LogP contribution is -2.27. The van der Waals surface area contributed by atoms with Crippen LogP contribution in [-0.2, 0) is 27.2 Å². The van der Waals surface area contributed by atoms with E-state index in [2.05, 4.69) is 18.2 Å². The summed E-state index contributed by atoms with van der Waals surface area (Å²) in [5.41, 5.74) is 2.08. The summed E-state index contributed by atoms with van der Waals surface area (Å²) in [4.78, 5) is 23.7. The zero-order chi connectivity index (χ0) is 15.5. The van der Waals surface area contributed by atoms with Gasteiger partial charge in [-0.3, -0.25) is 9.59 Å². The number of hydrogen-bond donors (Lipinski definition) is 0. The summed E-state index contributed by atoms with van der Waals surface area (Å²) in [5, 5.41) is 0. The normalized spacial score (nSPS) is 18.5. The number of hydrogen-bond acceptors (Lipinski definition) is 3. The van der Waals surface area contributed by atoms with E-state index in [1.165, 1.54) is 11.1 Å². The maximum atomic E-state index is 11.9. The molecule has 0 fully saturated rings. The van der Waals surface area contributed by atoms with Crippen LogP contribution in [0.5, 0.6) is 0 Å². The quantitative estimate of drug-likeness (QED) is 0.473. The van der Waals surface area contributed by atoms with E-state index >= 15 is 0 Å². The van der Waals surface area contributed by atoms with Crippen LogP contribution >= 0.6 is 0 Å². The topological polar surface area (TPSA) is 43.4 Å². The van der Waals surface area contributed by atoms with E-state index in [1.807, 2.05) is 6.07 Å². The summed E-state index contributed by atoms with van der Waals surface area (Å²) < 4.78 is 4.97. The number of aryl methyl sites for hydroxylation is 1. The molecule has 0 heterocycles. The van der Waals surface area contributed by atoms with Gasteiger partial charge in [0, 0.05) is 6.42 Å². The fourth-order valence-electron chi connectivity index (χ4n) is 2.70. The number of benzene rings is 1. The number of rotatable bonds is 2. The summed E-state index contributed by atoms with van der Waals surface area (Å²) in [6.07, 6.45) is 4.39. The second-order valence-electron chi connectivity index (χ2n) is 6.95. The second-order valence-corrected chi connectivity index (χ2v) is 6.95. The molecule has 1 aliphatic carbocycles. The molecule has 0 spiro atoms. The van der Waals surface area contributed by atoms with Crippen LogP contribution in [0.2, 0.25) is 0 Å². The Morgan fingerprint density at radius 1 is 1.19 bits per heavy atom. The number of esters is 2. The van der Waals surface area contributed by atoms with Gasteiger partial charge in [0.15, 0.2) is 0 Å². The molecule has 0 bridgehead atoms. The van der Waals surface area contributed by atoms with Gasteiger partial charge in [-0.25, -0.2) is 0 Å². The molecule has 114 valence electrons. The van der Waals surface area contributed by atoms with Gasteiger partial charge in [-0.05, 0) is 63.5 Å². The van der Waals surface area contributed by atoms with Crippen molar-refractivity contribution in [3.63, 3.8) is 0 Å². The van der Waals surface area contributed by atoms with E-state index < -0.39 is 11.4 Å². The van der Waals surface area contributed by atoms with Crippen molar-refractivity contribution in [3.05, 3.63) is 35.4 Å². The highest BCUT2D eigenvalue weighted by Gasteiger charge is 2.27. The van der Waals surface area contributed by atoms with Crippen molar-refractivity contribution in [3.8, 4) is 0 Å². The van der Waals surface area contributed by atoms with Crippen LogP contribution in [0.25, 0.3) is 0 Å². The van der Waals surface area contributed by atoms with Crippen LogP contribution in [0.3, 0.4) is 0 Å². The third-order valence-corrected chi connectivity index (χ3v) is 3.96. The monoisotopic (exact) mass is 288 g/mol. The SMILES string of the molecule is CC(C)(C)C(=O)OC(=O)CC1CCCc2ccccc2C1. The molecule has 3 nitrogen and oxygen atoms in total. The van der Waals surface area contributed by atoms with Crippen molar-refractivity contribution in [1.82, 2.24) is 0 Å². The van der Waals surface area contributed by atoms with Gasteiger partial charge in [0.05, 0.1) is 5.41 Å². The largest absolute Gasteiger partial charge is 0.393 e. The maximum absolute atomic E-state index is 11.9. The Kier molecular flexibility index (Phi) is 4.81. The average Bonchev–Trinajstić information content (AvgIpc) is 2.58. The molecule has 1 unspecified atom stereocenters. The smallest absolute Gasteiger partial charge is 0.318 e. The predicted octanol–water partition coefficient (Wildman–Crippen LogP) is 3.69. The van der Waals surface area contributed by atoms with E-state index in [1.54, 1.807) is 20.8 Å². The fourth-order valence-corrected chi connectivity index (χ4v) is 2.70. The number of carbonyl (C=O) groups excluding carboxylic acids is 2. The maximum Gasteiger partial charge on any atom is 0.318 e. The predicted molar refractivity (Wildman–Crippen MR) is 81.7 cm³/mol. The summed E-state index contributed by atoms with van der Waals surface area (Å²) in [6, 6.07) is 8.41. The molecule has 0 radical (unpaired) electrons. The Balaban J connectivity index is 1.94. The van der Waals surface area contributed by atoms with Crippen molar-refractivity contribution in [2.45, 2.75) is 52.9 Å². The van der Waals surface area contributed by atoms with E-state index in [0.29, 0.717) is 6.42 Å². The van der Waals surface area contributed by atoms with E-state index in [0.717, 1.165) is 25.7 Å². The molecule has 1 atom stereocenters. The lowest BCUT2D eigenvalue weighted by Gasteiger charge is -2.17. The van der Waals surface area contributed by atoms with Gasteiger partial charge in [0.25, 0.3) is 0 Å². The first-order valence-electron chi connectivity index (χ1n) is 7.68. The first-order chi connectivity index (χ1) is 9.86. The lowest BCUT2D eigenvalue weighted by molar-refractivity contribution is -0.166. The summed E-state index contributed by atoms with van der Waals surface area (Å²) in [7, 11) is 0. The van der Waals surface area contributed by atoms with Gasteiger partial charge >= 0.3 is 11.9 Å². The highest BCUT2D eigenvalue weighted by Crippen LogP contribution is 2.27. The third kappa shape index (κ3) is 4.42. The Hall–Kier alpha value is -1.64. The van der Waals surface area contributed by atoms with Crippen LogP contribution in [0.4, 0.5) is 0 Å². The molecule has 1 aromatic carbocycles. The van der Waals surface area contributed by atoms with Crippen LogP contribution in [0, 0.1) is 11.3 Å². The standard InChI is InChI=1S/C18H24O3/c1-18(2,3)17(20)21-16(19)12-13-7-6-10-14-8-4-5-9-15(14)11-13/h4-5,8-9,13H,6-7,10-12H2,1-3H3. The van der Waals surface area contributed by atoms with Gasteiger partial charge in [0.1, 0.15) is 0 Å². The third-order valence-electron chi connectivity index (χ3n) is 3.96. The van der Waals surface area contributed by atoms with E-state index in [9.17, 15) is 9.59 Å². The summed E-state index contributed by atoms with van der Waals surface area (Å²) in [5.74, 6) is -0.560. The summed E-state index contributed by atoms with van der Waals surface area (Å²) >= 11 is 0. The highest BCUT2D eigenvalue weighted by molar-refractivity contribution is 5.88.